The fraction of sp³-hybridized carbons (Fsp3) is 1.00. The molecule has 6 atom stereocenters. The average Bonchev–Trinajstić information content (AvgIpc) is 2.37. The molecule has 104 valence electrons. The minimum atomic E-state index is -0.892. The van der Waals surface area contributed by atoms with Crippen LogP contribution in [0.3, 0.4) is 0 Å². The number of fused-ring (bicyclic) bond motifs is 3. The van der Waals surface area contributed by atoms with E-state index in [0.717, 1.165) is 12.8 Å². The molecule has 0 radical (unpaired) electrons. The SMILES string of the molecule is CC1(O)C2CCCCC2C2CCCCC2C1(C)O. The third kappa shape index (κ3) is 1.61. The van der Waals surface area contributed by atoms with Gasteiger partial charge in [0.2, 0.25) is 0 Å². The first kappa shape index (κ1) is 12.9. The fourth-order valence-electron chi connectivity index (χ4n) is 5.49. The summed E-state index contributed by atoms with van der Waals surface area (Å²) in [4.78, 5) is 0. The predicted molar refractivity (Wildman–Crippen MR) is 72.1 cm³/mol. The first-order valence-corrected chi connectivity index (χ1v) is 7.91. The summed E-state index contributed by atoms with van der Waals surface area (Å²) in [6, 6.07) is 0. The molecular formula is C16H28O2. The molecule has 6 unspecified atom stereocenters. The molecule has 0 aliphatic heterocycles. The lowest BCUT2D eigenvalue weighted by Crippen LogP contribution is -2.68. The molecule has 18 heavy (non-hydrogen) atoms. The Morgan fingerprint density at radius 3 is 1.39 bits per heavy atom. The first-order chi connectivity index (χ1) is 8.46. The van der Waals surface area contributed by atoms with Gasteiger partial charge in [-0.1, -0.05) is 25.7 Å². The highest BCUT2D eigenvalue weighted by Gasteiger charge is 2.61. The van der Waals surface area contributed by atoms with Gasteiger partial charge < -0.3 is 10.2 Å². The summed E-state index contributed by atoms with van der Waals surface area (Å²) in [6.07, 6.45) is 9.87. The Balaban J connectivity index is 1.98. The van der Waals surface area contributed by atoms with Crippen LogP contribution in [0.2, 0.25) is 0 Å². The predicted octanol–water partition coefficient (Wildman–Crippen LogP) is 3.11. The van der Waals surface area contributed by atoms with Gasteiger partial charge in [-0.3, -0.25) is 0 Å². The molecule has 2 nitrogen and oxygen atoms in total. The molecule has 0 spiro atoms. The minimum Gasteiger partial charge on any atom is -0.387 e. The Morgan fingerprint density at radius 2 is 1.00 bits per heavy atom. The van der Waals surface area contributed by atoms with E-state index >= 15 is 0 Å². The molecule has 3 aliphatic carbocycles. The van der Waals surface area contributed by atoms with Gasteiger partial charge in [0, 0.05) is 0 Å². The number of rotatable bonds is 0. The summed E-state index contributed by atoms with van der Waals surface area (Å²) in [5, 5.41) is 22.0. The van der Waals surface area contributed by atoms with Gasteiger partial charge in [-0.25, -0.2) is 0 Å². The monoisotopic (exact) mass is 252 g/mol. The average molecular weight is 252 g/mol. The molecule has 0 aromatic heterocycles. The van der Waals surface area contributed by atoms with E-state index in [1.165, 1.54) is 38.5 Å². The molecule has 0 aromatic carbocycles. The van der Waals surface area contributed by atoms with Crippen LogP contribution in [0.4, 0.5) is 0 Å². The zero-order valence-corrected chi connectivity index (χ0v) is 11.9. The topological polar surface area (TPSA) is 40.5 Å². The van der Waals surface area contributed by atoms with Crippen molar-refractivity contribution in [2.45, 2.75) is 76.4 Å². The maximum Gasteiger partial charge on any atom is 0.0936 e. The normalized spacial score (nSPS) is 56.7. The Bertz CT molecular complexity index is 289. The highest BCUT2D eigenvalue weighted by Crippen LogP contribution is 2.58. The first-order valence-electron chi connectivity index (χ1n) is 7.91. The van der Waals surface area contributed by atoms with Crippen molar-refractivity contribution >= 4 is 0 Å². The molecule has 3 aliphatic rings. The van der Waals surface area contributed by atoms with Gasteiger partial charge in [-0.05, 0) is 63.2 Å². The van der Waals surface area contributed by atoms with Gasteiger partial charge in [0.1, 0.15) is 0 Å². The second kappa shape index (κ2) is 4.21. The smallest absolute Gasteiger partial charge is 0.0936 e. The van der Waals surface area contributed by atoms with E-state index < -0.39 is 11.2 Å². The molecule has 3 fully saturated rings. The molecule has 2 N–H and O–H groups in total. The summed E-state index contributed by atoms with van der Waals surface area (Å²) in [5.41, 5.74) is -1.78. The molecule has 2 heteroatoms. The van der Waals surface area contributed by atoms with Crippen molar-refractivity contribution in [3.63, 3.8) is 0 Å². The maximum atomic E-state index is 11.0. The Hall–Kier alpha value is -0.0800. The minimum absolute atomic E-state index is 0.320. The summed E-state index contributed by atoms with van der Waals surface area (Å²) in [6.45, 7) is 3.81. The van der Waals surface area contributed by atoms with E-state index in [-0.39, 0.29) is 0 Å². The van der Waals surface area contributed by atoms with E-state index in [1.54, 1.807) is 0 Å². The molecular weight excluding hydrogens is 224 g/mol. The van der Waals surface area contributed by atoms with Gasteiger partial charge in [-0.2, -0.15) is 0 Å². The van der Waals surface area contributed by atoms with Crippen molar-refractivity contribution in [3.05, 3.63) is 0 Å². The van der Waals surface area contributed by atoms with Crippen molar-refractivity contribution in [1.29, 1.82) is 0 Å². The van der Waals surface area contributed by atoms with Crippen LogP contribution in [-0.2, 0) is 0 Å². The van der Waals surface area contributed by atoms with E-state index in [9.17, 15) is 10.2 Å². The quantitative estimate of drug-likeness (QED) is 0.695. The second-order valence-electron chi connectivity index (χ2n) is 7.40. The van der Waals surface area contributed by atoms with Crippen LogP contribution in [0.1, 0.15) is 65.2 Å². The molecule has 0 bridgehead atoms. The van der Waals surface area contributed by atoms with Crippen molar-refractivity contribution in [3.8, 4) is 0 Å². The Labute approximate surface area is 111 Å². The second-order valence-corrected chi connectivity index (χ2v) is 7.40. The summed E-state index contributed by atoms with van der Waals surface area (Å²) >= 11 is 0. The van der Waals surface area contributed by atoms with Gasteiger partial charge in [-0.15, -0.1) is 0 Å². The van der Waals surface area contributed by atoms with Crippen LogP contribution in [0.5, 0.6) is 0 Å². The largest absolute Gasteiger partial charge is 0.387 e. The molecule has 3 saturated carbocycles. The van der Waals surface area contributed by atoms with Gasteiger partial charge in [0.15, 0.2) is 0 Å². The van der Waals surface area contributed by atoms with Crippen LogP contribution >= 0.6 is 0 Å². The number of hydrogen-bond acceptors (Lipinski definition) is 2. The van der Waals surface area contributed by atoms with Crippen LogP contribution in [-0.4, -0.2) is 21.4 Å². The van der Waals surface area contributed by atoms with E-state index in [2.05, 4.69) is 0 Å². The maximum absolute atomic E-state index is 11.0. The molecule has 0 aromatic rings. The van der Waals surface area contributed by atoms with Crippen molar-refractivity contribution in [2.24, 2.45) is 23.7 Å². The fourth-order valence-corrected chi connectivity index (χ4v) is 5.49. The third-order valence-electron chi connectivity index (χ3n) is 6.66. The van der Waals surface area contributed by atoms with E-state index in [4.69, 9.17) is 0 Å². The molecule has 0 saturated heterocycles. The summed E-state index contributed by atoms with van der Waals surface area (Å²) in [5.74, 6) is 1.97. The standard InChI is InChI=1S/C16H28O2/c1-15(17)13-9-5-3-7-11(13)12-8-4-6-10-14(12)16(15,2)18/h11-14,17-18H,3-10H2,1-2H3. The van der Waals surface area contributed by atoms with Gasteiger partial charge in [0.05, 0.1) is 11.2 Å². The highest BCUT2D eigenvalue weighted by molar-refractivity contribution is 5.12. The van der Waals surface area contributed by atoms with Crippen LogP contribution in [0.15, 0.2) is 0 Å². The zero-order chi connectivity index (χ0) is 13.0. The van der Waals surface area contributed by atoms with Crippen molar-refractivity contribution in [1.82, 2.24) is 0 Å². The summed E-state index contributed by atoms with van der Waals surface area (Å²) in [7, 11) is 0. The summed E-state index contributed by atoms with van der Waals surface area (Å²) < 4.78 is 0. The lowest BCUT2D eigenvalue weighted by atomic mass is 9.48. The van der Waals surface area contributed by atoms with Crippen molar-refractivity contribution < 1.29 is 10.2 Å². The van der Waals surface area contributed by atoms with Crippen LogP contribution < -0.4 is 0 Å². The van der Waals surface area contributed by atoms with Crippen molar-refractivity contribution in [2.75, 3.05) is 0 Å². The Morgan fingerprint density at radius 1 is 0.667 bits per heavy atom. The molecule has 3 rings (SSSR count). The van der Waals surface area contributed by atoms with Crippen LogP contribution in [0, 0.1) is 23.7 Å². The number of aliphatic hydroxyl groups is 2. The molecule has 0 amide bonds. The number of hydrogen-bond donors (Lipinski definition) is 2. The van der Waals surface area contributed by atoms with Gasteiger partial charge in [0.25, 0.3) is 0 Å². The lowest BCUT2D eigenvalue weighted by Gasteiger charge is -2.61. The Kier molecular flexibility index (Phi) is 3.02. The van der Waals surface area contributed by atoms with E-state index in [0.29, 0.717) is 23.7 Å². The van der Waals surface area contributed by atoms with E-state index in [1.807, 2.05) is 13.8 Å². The third-order valence-corrected chi connectivity index (χ3v) is 6.66. The van der Waals surface area contributed by atoms with Crippen LogP contribution in [0.25, 0.3) is 0 Å². The lowest BCUT2D eigenvalue weighted by molar-refractivity contribution is -0.256. The zero-order valence-electron chi connectivity index (χ0n) is 11.9. The van der Waals surface area contributed by atoms with Gasteiger partial charge >= 0.3 is 0 Å². The highest BCUT2D eigenvalue weighted by atomic mass is 16.4. The molecule has 0 heterocycles.